The van der Waals surface area contributed by atoms with Crippen LogP contribution < -0.4 is 0 Å². The lowest BCUT2D eigenvalue weighted by Crippen LogP contribution is -2.23. The van der Waals surface area contributed by atoms with Crippen molar-refractivity contribution < 1.29 is 0 Å². The van der Waals surface area contributed by atoms with E-state index in [2.05, 4.69) is 31.9 Å². The van der Waals surface area contributed by atoms with Gasteiger partial charge in [-0.15, -0.1) is 0 Å². The van der Waals surface area contributed by atoms with Crippen molar-refractivity contribution in [2.45, 2.75) is 35.3 Å². The summed E-state index contributed by atoms with van der Waals surface area (Å²) in [5.74, 6) is 4.26. The van der Waals surface area contributed by atoms with Gasteiger partial charge in [-0.1, -0.05) is 31.9 Å². The molecule has 0 aromatic carbocycles. The van der Waals surface area contributed by atoms with Gasteiger partial charge in [-0.05, 0) is 49.4 Å². The molecule has 0 spiro atoms. The number of hydrogen-bond acceptors (Lipinski definition) is 0. The minimum absolute atomic E-state index is 0.760. The van der Waals surface area contributed by atoms with Crippen molar-refractivity contribution in [1.82, 2.24) is 0 Å². The summed E-state index contributed by atoms with van der Waals surface area (Å²) < 4.78 is 0. The standard InChI is InChI=1S/C10H14Br2/c11-8-4-7-5-1-2-6(3-5)9(7)10(8)12/h5-10H,1-4H2/t5-,6-,7-,8-,9-,10-/m1/s1. The van der Waals surface area contributed by atoms with E-state index in [1.807, 2.05) is 0 Å². The molecule has 2 bridgehead atoms. The summed E-state index contributed by atoms with van der Waals surface area (Å²) >= 11 is 7.66. The lowest BCUT2D eigenvalue weighted by Gasteiger charge is -2.26. The normalized spacial score (nSPS) is 62.5. The molecule has 0 aromatic rings. The third-order valence-electron chi connectivity index (χ3n) is 4.37. The van der Waals surface area contributed by atoms with Gasteiger partial charge in [0.1, 0.15) is 0 Å². The van der Waals surface area contributed by atoms with Crippen molar-refractivity contribution in [2.24, 2.45) is 23.7 Å². The van der Waals surface area contributed by atoms with Crippen LogP contribution in [0.25, 0.3) is 0 Å². The fourth-order valence-corrected chi connectivity index (χ4v) is 5.76. The molecule has 0 amide bonds. The molecule has 3 fully saturated rings. The molecule has 68 valence electrons. The molecule has 3 saturated carbocycles. The molecule has 12 heavy (non-hydrogen) atoms. The van der Waals surface area contributed by atoms with Gasteiger partial charge in [0.05, 0.1) is 0 Å². The molecule has 0 unspecified atom stereocenters. The van der Waals surface area contributed by atoms with Crippen LogP contribution >= 0.6 is 31.9 Å². The first-order chi connectivity index (χ1) is 5.77. The summed E-state index contributed by atoms with van der Waals surface area (Å²) in [7, 11) is 0. The van der Waals surface area contributed by atoms with Crippen molar-refractivity contribution in [1.29, 1.82) is 0 Å². The van der Waals surface area contributed by atoms with Gasteiger partial charge in [0.2, 0.25) is 0 Å². The highest BCUT2D eigenvalue weighted by molar-refractivity contribution is 9.12. The molecule has 3 aliphatic rings. The average molecular weight is 294 g/mol. The number of fused-ring (bicyclic) bond motifs is 5. The van der Waals surface area contributed by atoms with Crippen LogP contribution in [-0.4, -0.2) is 9.65 Å². The highest BCUT2D eigenvalue weighted by Gasteiger charge is 2.55. The minimum atomic E-state index is 0.760. The fourth-order valence-electron chi connectivity index (χ4n) is 3.93. The Labute approximate surface area is 90.7 Å². The first-order valence-corrected chi connectivity index (χ1v) is 6.88. The van der Waals surface area contributed by atoms with Gasteiger partial charge >= 0.3 is 0 Å². The van der Waals surface area contributed by atoms with E-state index in [1.165, 1.54) is 19.3 Å². The molecular formula is C10H14Br2. The van der Waals surface area contributed by atoms with E-state index in [9.17, 15) is 0 Å². The van der Waals surface area contributed by atoms with Crippen molar-refractivity contribution in [2.75, 3.05) is 0 Å². The van der Waals surface area contributed by atoms with Crippen molar-refractivity contribution >= 4 is 31.9 Å². The average Bonchev–Trinajstić information content (AvgIpc) is 2.66. The quantitative estimate of drug-likeness (QED) is 0.599. The number of rotatable bonds is 0. The topological polar surface area (TPSA) is 0 Å². The van der Waals surface area contributed by atoms with Gasteiger partial charge in [0.25, 0.3) is 0 Å². The van der Waals surface area contributed by atoms with Gasteiger partial charge in [-0.25, -0.2) is 0 Å². The second-order valence-electron chi connectivity index (χ2n) is 4.77. The van der Waals surface area contributed by atoms with Crippen LogP contribution in [0, 0.1) is 23.7 Å². The molecule has 0 saturated heterocycles. The van der Waals surface area contributed by atoms with Crippen LogP contribution in [0.1, 0.15) is 25.7 Å². The van der Waals surface area contributed by atoms with Gasteiger partial charge in [0.15, 0.2) is 0 Å². The Bertz CT molecular complexity index is 202. The van der Waals surface area contributed by atoms with E-state index < -0.39 is 0 Å². The first kappa shape index (κ1) is 8.28. The summed E-state index contributed by atoms with van der Waals surface area (Å²) in [4.78, 5) is 1.54. The smallest absolute Gasteiger partial charge is 0.0304 e. The summed E-state index contributed by atoms with van der Waals surface area (Å²) in [6.07, 6.45) is 6.04. The Morgan fingerprint density at radius 3 is 2.42 bits per heavy atom. The molecule has 0 aromatic heterocycles. The van der Waals surface area contributed by atoms with Gasteiger partial charge in [0, 0.05) is 9.65 Å². The van der Waals surface area contributed by atoms with Crippen molar-refractivity contribution in [3.8, 4) is 0 Å². The maximum atomic E-state index is 3.87. The van der Waals surface area contributed by atoms with Crippen LogP contribution in [0.5, 0.6) is 0 Å². The SMILES string of the molecule is Br[C@H]1[C@@H]2[C@@H]3CC[C@H](C3)[C@H]2C[C@H]1Br. The zero-order chi connectivity index (χ0) is 8.29. The molecule has 0 radical (unpaired) electrons. The van der Waals surface area contributed by atoms with E-state index >= 15 is 0 Å². The van der Waals surface area contributed by atoms with E-state index in [1.54, 1.807) is 6.42 Å². The highest BCUT2D eigenvalue weighted by Crippen LogP contribution is 2.61. The Morgan fingerprint density at radius 1 is 0.917 bits per heavy atom. The predicted molar refractivity (Wildman–Crippen MR) is 57.9 cm³/mol. The molecule has 2 heteroatoms. The largest absolute Gasteiger partial charge is 0.0878 e. The van der Waals surface area contributed by atoms with Gasteiger partial charge in [-0.2, -0.15) is 0 Å². The van der Waals surface area contributed by atoms with Gasteiger partial charge < -0.3 is 0 Å². The van der Waals surface area contributed by atoms with E-state index in [-0.39, 0.29) is 0 Å². The lowest BCUT2D eigenvalue weighted by atomic mass is 9.82. The fraction of sp³-hybridized carbons (Fsp3) is 1.00. The third kappa shape index (κ3) is 0.943. The number of hydrogen-bond donors (Lipinski definition) is 0. The minimum Gasteiger partial charge on any atom is -0.0878 e. The van der Waals surface area contributed by atoms with Crippen LogP contribution in [-0.2, 0) is 0 Å². The molecule has 0 N–H and O–H groups in total. The second-order valence-corrected chi connectivity index (χ2v) is 7.00. The monoisotopic (exact) mass is 292 g/mol. The van der Waals surface area contributed by atoms with Gasteiger partial charge in [-0.3, -0.25) is 0 Å². The summed E-state index contributed by atoms with van der Waals surface area (Å²) in [6.45, 7) is 0. The number of halogens is 2. The molecule has 0 heterocycles. The van der Waals surface area contributed by atoms with Crippen LogP contribution in [0.2, 0.25) is 0 Å². The third-order valence-corrected chi connectivity index (χ3v) is 7.27. The predicted octanol–water partition coefficient (Wildman–Crippen LogP) is 3.58. The maximum absolute atomic E-state index is 3.87. The van der Waals surface area contributed by atoms with E-state index in [0.717, 1.165) is 33.3 Å². The second kappa shape index (κ2) is 2.73. The molecule has 0 nitrogen and oxygen atoms in total. The molecule has 6 atom stereocenters. The Hall–Kier alpha value is 0.960. The maximum Gasteiger partial charge on any atom is 0.0304 e. The Balaban J connectivity index is 1.90. The zero-order valence-electron chi connectivity index (χ0n) is 7.05. The molecule has 3 rings (SSSR count). The zero-order valence-corrected chi connectivity index (χ0v) is 10.2. The highest BCUT2D eigenvalue weighted by atomic mass is 79.9. The molecular weight excluding hydrogens is 280 g/mol. The number of alkyl halides is 2. The Kier molecular flexibility index (Phi) is 1.88. The first-order valence-electron chi connectivity index (χ1n) is 5.05. The van der Waals surface area contributed by atoms with Crippen molar-refractivity contribution in [3.05, 3.63) is 0 Å². The Morgan fingerprint density at radius 2 is 1.67 bits per heavy atom. The summed E-state index contributed by atoms with van der Waals surface area (Å²) in [6, 6.07) is 0. The summed E-state index contributed by atoms with van der Waals surface area (Å²) in [5.41, 5.74) is 0. The molecule has 0 aliphatic heterocycles. The molecule has 3 aliphatic carbocycles. The van der Waals surface area contributed by atoms with E-state index in [4.69, 9.17) is 0 Å². The van der Waals surface area contributed by atoms with Crippen LogP contribution in [0.3, 0.4) is 0 Å². The van der Waals surface area contributed by atoms with E-state index in [0.29, 0.717) is 0 Å². The van der Waals surface area contributed by atoms with Crippen LogP contribution in [0.4, 0.5) is 0 Å². The summed E-state index contributed by atoms with van der Waals surface area (Å²) in [5, 5.41) is 0. The lowest BCUT2D eigenvalue weighted by molar-refractivity contribution is 0.264. The van der Waals surface area contributed by atoms with Crippen molar-refractivity contribution in [3.63, 3.8) is 0 Å². The van der Waals surface area contributed by atoms with Crippen LogP contribution in [0.15, 0.2) is 0 Å².